The first-order chi connectivity index (χ1) is 34.4. The molecule has 3 rings (SSSR count). The number of hydrogen-bond acceptors (Lipinski definition) is 13. The van der Waals surface area contributed by atoms with Crippen LogP contribution >= 0.6 is 0 Å². The molecule has 8 amide bonds. The van der Waals surface area contributed by atoms with Crippen molar-refractivity contribution in [2.45, 2.75) is 134 Å². The van der Waals surface area contributed by atoms with Gasteiger partial charge >= 0.3 is 5.97 Å². The van der Waals surface area contributed by atoms with Crippen LogP contribution in [0.4, 0.5) is 0 Å². The third-order valence-electron chi connectivity index (χ3n) is 12.0. The average Bonchev–Trinajstić information content (AvgIpc) is 3.76. The number of amides is 8. The molecule has 0 saturated heterocycles. The smallest absolute Gasteiger partial charge is 0.326 e. The Morgan fingerprint density at radius 2 is 1.12 bits per heavy atom. The van der Waals surface area contributed by atoms with Crippen molar-refractivity contribution in [1.29, 1.82) is 0 Å². The number of rotatable bonds is 34. The highest BCUT2D eigenvalue weighted by Gasteiger charge is 2.34. The van der Waals surface area contributed by atoms with E-state index in [9.17, 15) is 53.4 Å². The number of phenols is 1. The van der Waals surface area contributed by atoms with Crippen LogP contribution in [0.25, 0.3) is 10.9 Å². The summed E-state index contributed by atoms with van der Waals surface area (Å²) in [5.74, 6) is -7.45. The molecule has 23 heteroatoms. The maximum absolute atomic E-state index is 14.6. The zero-order valence-electron chi connectivity index (χ0n) is 41.1. The van der Waals surface area contributed by atoms with E-state index in [4.69, 9.17) is 22.9 Å². The lowest BCUT2D eigenvalue weighted by molar-refractivity contribution is -0.142. The fourth-order valence-corrected chi connectivity index (χ4v) is 7.62. The molecule has 0 bridgehead atoms. The second kappa shape index (κ2) is 31.3. The van der Waals surface area contributed by atoms with Crippen LogP contribution in [0.15, 0.2) is 54.7 Å². The Bertz CT molecular complexity index is 2270. The summed E-state index contributed by atoms with van der Waals surface area (Å²) in [5, 5.41) is 38.3. The largest absolute Gasteiger partial charge is 0.508 e. The van der Waals surface area contributed by atoms with Crippen LogP contribution in [0.3, 0.4) is 0 Å². The molecule has 0 fully saturated rings. The van der Waals surface area contributed by atoms with Gasteiger partial charge in [0.15, 0.2) is 0 Å². The Morgan fingerprint density at radius 3 is 1.72 bits per heavy atom. The van der Waals surface area contributed by atoms with E-state index in [-0.39, 0.29) is 76.2 Å². The Hall–Kier alpha value is -7.11. The van der Waals surface area contributed by atoms with Gasteiger partial charge in [-0.2, -0.15) is 0 Å². The van der Waals surface area contributed by atoms with E-state index in [0.717, 1.165) is 17.3 Å². The van der Waals surface area contributed by atoms with Crippen molar-refractivity contribution in [3.63, 3.8) is 0 Å². The molecule has 1 aromatic heterocycles. The molecule has 3 aromatic rings. The van der Waals surface area contributed by atoms with Crippen molar-refractivity contribution in [2.24, 2.45) is 28.9 Å². The van der Waals surface area contributed by atoms with Gasteiger partial charge in [-0.15, -0.1) is 0 Å². The van der Waals surface area contributed by atoms with Gasteiger partial charge in [0, 0.05) is 36.4 Å². The number of hydrogen-bond donors (Lipinski definition) is 14. The Balaban J connectivity index is 1.97. The lowest BCUT2D eigenvalue weighted by Gasteiger charge is -2.27. The van der Waals surface area contributed by atoms with Crippen LogP contribution in [0.1, 0.15) is 95.6 Å². The van der Waals surface area contributed by atoms with Crippen molar-refractivity contribution >= 4 is 64.1 Å². The lowest BCUT2D eigenvalue weighted by atomic mass is 10.0. The molecule has 1 heterocycles. The van der Waals surface area contributed by atoms with Crippen molar-refractivity contribution in [2.75, 3.05) is 26.2 Å². The second-order valence-corrected chi connectivity index (χ2v) is 17.8. The van der Waals surface area contributed by atoms with Crippen LogP contribution < -0.4 is 60.2 Å². The molecule has 7 atom stereocenters. The van der Waals surface area contributed by atoms with Crippen molar-refractivity contribution < 1.29 is 53.4 Å². The first-order valence-corrected chi connectivity index (χ1v) is 24.4. The van der Waals surface area contributed by atoms with Crippen molar-refractivity contribution in [3.05, 3.63) is 65.9 Å². The number of para-hydroxylation sites is 1. The predicted octanol–water partition coefficient (Wildman–Crippen LogP) is -0.923. The number of carboxylic acid groups (broad SMARTS) is 1. The van der Waals surface area contributed by atoms with E-state index >= 15 is 0 Å². The number of benzene rings is 2. The summed E-state index contributed by atoms with van der Waals surface area (Å²) in [6.07, 6.45) is 3.72. The number of aliphatic carboxylic acids is 1. The van der Waals surface area contributed by atoms with Crippen LogP contribution in [0, 0.1) is 5.92 Å². The monoisotopic (exact) mass is 1010 g/mol. The summed E-state index contributed by atoms with van der Waals surface area (Å²) in [7, 11) is 0. The highest BCUT2D eigenvalue weighted by atomic mass is 16.4. The summed E-state index contributed by atoms with van der Waals surface area (Å²) in [5.41, 5.74) is 24.3. The fraction of sp³-hybridized carbons (Fsp3) is 0.531. The number of H-pyrrole nitrogens is 1. The second-order valence-electron chi connectivity index (χ2n) is 17.8. The number of aromatic amines is 1. The number of nitrogens with one attached hydrogen (secondary N) is 8. The zero-order valence-corrected chi connectivity index (χ0v) is 41.1. The standard InChI is InChI=1S/C49H74N12O11/c1-3-29(2)15-20-42(64)57-40(26-41(53)63)48(70)60-38(24-30-16-18-32(62)19-17-30)46(68)61-39(25-31-27-54-34-11-5-4-10-33(31)34)47(69)59-36(12-6-7-21-50)45(67)58-35(13-8-22-51)44(66)55-28-43(65)56-37(49(71)72)14-9-23-52/h4-5,10-11,16-19,27,29,35-40,54,62H,3,6-9,12-15,20-26,28,50-52H2,1-2H3,(H2,53,63)(H,55,66)(H,56,65)(H,57,64)(H,58,67)(H,59,69)(H,60,70)(H,61,68)(H,71,72)/t29?,35-,36+,37+,38+,39+,40+/m0/s1. The van der Waals surface area contributed by atoms with Gasteiger partial charge in [0.05, 0.1) is 13.0 Å². The van der Waals surface area contributed by atoms with Crippen LogP contribution in [-0.2, 0) is 56.0 Å². The molecule has 0 aliphatic carbocycles. The number of nitrogens with two attached hydrogens (primary N) is 4. The molecule has 72 heavy (non-hydrogen) atoms. The summed E-state index contributed by atoms with van der Waals surface area (Å²) >= 11 is 0. The highest BCUT2D eigenvalue weighted by Crippen LogP contribution is 2.20. The maximum Gasteiger partial charge on any atom is 0.326 e. The van der Waals surface area contributed by atoms with Gasteiger partial charge in [-0.3, -0.25) is 38.4 Å². The third-order valence-corrected chi connectivity index (χ3v) is 12.0. The molecule has 0 saturated carbocycles. The van der Waals surface area contributed by atoms with E-state index in [1.165, 1.54) is 24.3 Å². The Kier molecular flexibility index (Phi) is 25.7. The molecule has 0 radical (unpaired) electrons. The maximum atomic E-state index is 14.6. The summed E-state index contributed by atoms with van der Waals surface area (Å²) in [4.78, 5) is 123. The van der Waals surface area contributed by atoms with Gasteiger partial charge in [0.2, 0.25) is 47.3 Å². The Labute approximate surface area is 418 Å². The summed E-state index contributed by atoms with van der Waals surface area (Å²) < 4.78 is 0. The number of carbonyl (C=O) groups is 9. The quantitative estimate of drug-likeness (QED) is 0.0322. The molecule has 18 N–H and O–H groups in total. The molecule has 23 nitrogen and oxygen atoms in total. The van der Waals surface area contributed by atoms with Crippen LogP contribution in [-0.4, -0.2) is 131 Å². The average molecular weight is 1010 g/mol. The molecular weight excluding hydrogens is 933 g/mol. The SMILES string of the molecule is CCC(C)CCC(=O)N[C@H](CC(N)=O)C(=O)N[C@H](Cc1ccc(O)cc1)C(=O)N[C@H](Cc1c[nH]c2ccccc12)C(=O)N[C@H](CCCCN)C(=O)N[C@@H](CCCN)C(=O)NCC(=O)N[C@H](CCCN)C(=O)O. The van der Waals surface area contributed by atoms with E-state index in [1.54, 1.807) is 12.3 Å². The molecule has 2 aromatic carbocycles. The van der Waals surface area contributed by atoms with Gasteiger partial charge in [0.25, 0.3) is 0 Å². The third kappa shape index (κ3) is 20.7. The van der Waals surface area contributed by atoms with E-state index < -0.39 is 102 Å². The van der Waals surface area contributed by atoms with Gasteiger partial charge in [0.1, 0.15) is 42.0 Å². The summed E-state index contributed by atoms with van der Waals surface area (Å²) in [6, 6.07) is 4.94. The highest BCUT2D eigenvalue weighted by molar-refractivity contribution is 5.98. The number of aromatic hydroxyl groups is 1. The molecule has 0 aliphatic heterocycles. The van der Waals surface area contributed by atoms with Crippen LogP contribution in [0.2, 0.25) is 0 Å². The van der Waals surface area contributed by atoms with E-state index in [2.05, 4.69) is 42.2 Å². The van der Waals surface area contributed by atoms with Gasteiger partial charge < -0.3 is 75.3 Å². The van der Waals surface area contributed by atoms with Crippen molar-refractivity contribution in [1.82, 2.24) is 42.2 Å². The predicted molar refractivity (Wildman–Crippen MR) is 268 cm³/mol. The zero-order chi connectivity index (χ0) is 53.2. The number of unbranched alkanes of at least 4 members (excludes halogenated alkanes) is 1. The van der Waals surface area contributed by atoms with Gasteiger partial charge in [-0.05, 0) is 106 Å². The van der Waals surface area contributed by atoms with Gasteiger partial charge in [-0.1, -0.05) is 50.6 Å². The van der Waals surface area contributed by atoms with Gasteiger partial charge in [-0.25, -0.2) is 4.79 Å². The number of aromatic nitrogens is 1. The van der Waals surface area contributed by atoms with E-state index in [1.807, 2.05) is 32.0 Å². The van der Waals surface area contributed by atoms with Crippen molar-refractivity contribution in [3.8, 4) is 5.75 Å². The lowest BCUT2D eigenvalue weighted by Crippen LogP contribution is -2.60. The summed E-state index contributed by atoms with van der Waals surface area (Å²) in [6.45, 7) is 3.94. The number of primary amides is 1. The number of carboxylic acids is 1. The molecular formula is C49H74N12O11. The number of carbonyl (C=O) groups excluding carboxylic acids is 8. The number of phenolic OH excluding ortho intramolecular Hbond substituents is 1. The normalized spacial score (nSPS) is 14.0. The first-order valence-electron chi connectivity index (χ1n) is 24.4. The van der Waals surface area contributed by atoms with Crippen LogP contribution in [0.5, 0.6) is 5.75 Å². The topological polar surface area (TPSA) is 398 Å². The van der Waals surface area contributed by atoms with E-state index in [0.29, 0.717) is 36.8 Å². The number of fused-ring (bicyclic) bond motifs is 1. The molecule has 396 valence electrons. The minimum Gasteiger partial charge on any atom is -0.508 e. The Morgan fingerprint density at radius 1 is 0.597 bits per heavy atom. The molecule has 1 unspecified atom stereocenters. The minimum atomic E-state index is -1.45. The molecule has 0 spiro atoms. The minimum absolute atomic E-state index is 0.0306. The molecule has 0 aliphatic rings. The first kappa shape index (κ1) is 59.2. The fourth-order valence-electron chi connectivity index (χ4n) is 7.62.